The molecule has 0 atom stereocenters. The van der Waals surface area contributed by atoms with Gasteiger partial charge in [-0.1, -0.05) is 12.1 Å². The van der Waals surface area contributed by atoms with Gasteiger partial charge in [-0.15, -0.1) is 0 Å². The van der Waals surface area contributed by atoms with Crippen LogP contribution in [0.15, 0.2) is 24.3 Å². The predicted molar refractivity (Wildman–Crippen MR) is 70.7 cm³/mol. The predicted octanol–water partition coefficient (Wildman–Crippen LogP) is 1.47. The monoisotopic (exact) mass is 251 g/mol. The summed E-state index contributed by atoms with van der Waals surface area (Å²) in [5, 5.41) is 8.86. The molecule has 100 valence electrons. The largest absolute Gasteiger partial charge is 0.497 e. The number of benzene rings is 1. The van der Waals surface area contributed by atoms with Gasteiger partial charge in [0.2, 0.25) is 5.91 Å². The van der Waals surface area contributed by atoms with Crippen molar-refractivity contribution in [2.75, 3.05) is 26.8 Å². The van der Waals surface area contributed by atoms with Gasteiger partial charge in [-0.25, -0.2) is 0 Å². The zero-order valence-corrected chi connectivity index (χ0v) is 11.1. The maximum absolute atomic E-state index is 11.9. The second kappa shape index (κ2) is 7.71. The zero-order chi connectivity index (χ0) is 13.4. The molecule has 1 amide bonds. The third-order valence-electron chi connectivity index (χ3n) is 2.87. The molecule has 0 heterocycles. The Morgan fingerprint density at radius 1 is 1.44 bits per heavy atom. The molecule has 0 saturated heterocycles. The topological polar surface area (TPSA) is 49.8 Å². The van der Waals surface area contributed by atoms with Crippen molar-refractivity contribution in [1.82, 2.24) is 4.90 Å². The van der Waals surface area contributed by atoms with Crippen LogP contribution in [0.1, 0.15) is 18.9 Å². The summed E-state index contributed by atoms with van der Waals surface area (Å²) in [4.78, 5) is 13.5. The summed E-state index contributed by atoms with van der Waals surface area (Å²) in [6.07, 6.45) is 1.15. The van der Waals surface area contributed by atoms with Gasteiger partial charge >= 0.3 is 0 Å². The maximum atomic E-state index is 11.9. The van der Waals surface area contributed by atoms with E-state index in [9.17, 15) is 4.79 Å². The molecule has 1 rings (SSSR count). The summed E-state index contributed by atoms with van der Waals surface area (Å²) in [5.74, 6) is 0.886. The van der Waals surface area contributed by atoms with Gasteiger partial charge in [-0.3, -0.25) is 4.79 Å². The fourth-order valence-corrected chi connectivity index (χ4v) is 1.82. The average molecular weight is 251 g/mol. The van der Waals surface area contributed by atoms with Gasteiger partial charge in [0.05, 0.1) is 13.7 Å². The molecule has 0 fully saturated rings. The molecular formula is C14H21NO3. The Labute approximate surface area is 108 Å². The minimum atomic E-state index is 0.0126. The first kappa shape index (κ1) is 14.5. The number of aliphatic hydroxyl groups is 1. The van der Waals surface area contributed by atoms with E-state index in [1.54, 1.807) is 12.0 Å². The van der Waals surface area contributed by atoms with Gasteiger partial charge in [-0.05, 0) is 31.0 Å². The lowest BCUT2D eigenvalue weighted by atomic mass is 10.1. The van der Waals surface area contributed by atoms with Gasteiger partial charge in [0.15, 0.2) is 0 Å². The summed E-state index contributed by atoms with van der Waals surface area (Å²) in [5.41, 5.74) is 1.09. The van der Waals surface area contributed by atoms with Crippen LogP contribution >= 0.6 is 0 Å². The summed E-state index contributed by atoms with van der Waals surface area (Å²) in [7, 11) is 1.63. The van der Waals surface area contributed by atoms with Crippen molar-refractivity contribution in [1.29, 1.82) is 0 Å². The van der Waals surface area contributed by atoms with Crippen molar-refractivity contribution in [2.24, 2.45) is 0 Å². The number of likely N-dealkylation sites (N-methyl/N-ethyl adjacent to an activating group) is 1. The van der Waals surface area contributed by atoms with Crippen LogP contribution in [0.4, 0.5) is 0 Å². The molecule has 1 N–H and O–H groups in total. The Morgan fingerprint density at radius 2 is 2.22 bits per heavy atom. The van der Waals surface area contributed by atoms with Gasteiger partial charge in [0.25, 0.3) is 0 Å². The number of nitrogens with zero attached hydrogens (tertiary/aromatic N) is 1. The van der Waals surface area contributed by atoms with Gasteiger partial charge in [-0.2, -0.15) is 0 Å². The number of ether oxygens (including phenoxy) is 1. The Morgan fingerprint density at radius 3 is 2.83 bits per heavy atom. The number of hydrogen-bond donors (Lipinski definition) is 1. The van der Waals surface area contributed by atoms with Crippen LogP contribution in [0.5, 0.6) is 5.75 Å². The molecule has 0 bridgehead atoms. The zero-order valence-electron chi connectivity index (χ0n) is 11.1. The van der Waals surface area contributed by atoms with E-state index in [1.165, 1.54) is 0 Å². The third-order valence-corrected chi connectivity index (χ3v) is 2.87. The third kappa shape index (κ3) is 4.37. The number of amides is 1. The van der Waals surface area contributed by atoms with Gasteiger partial charge in [0, 0.05) is 19.5 Å². The van der Waals surface area contributed by atoms with Crippen LogP contribution in [0.2, 0.25) is 0 Å². The smallest absolute Gasteiger partial charge is 0.222 e. The minimum Gasteiger partial charge on any atom is -0.497 e. The molecule has 4 nitrogen and oxygen atoms in total. The van der Waals surface area contributed by atoms with Gasteiger partial charge in [0.1, 0.15) is 5.75 Å². The molecule has 0 unspecified atom stereocenters. The quantitative estimate of drug-likeness (QED) is 0.798. The molecule has 0 aromatic heterocycles. The number of carbonyl (C=O) groups is 1. The molecule has 0 aliphatic heterocycles. The van der Waals surface area contributed by atoms with Crippen molar-refractivity contribution in [3.63, 3.8) is 0 Å². The summed E-state index contributed by atoms with van der Waals surface area (Å²) < 4.78 is 5.14. The Balaban J connectivity index is 2.50. The SMILES string of the molecule is CCN(CCO)C(=O)CCc1cccc(OC)c1. The van der Waals surface area contributed by atoms with Crippen LogP contribution in [0.3, 0.4) is 0 Å². The highest BCUT2D eigenvalue weighted by atomic mass is 16.5. The fraction of sp³-hybridized carbons (Fsp3) is 0.500. The molecule has 0 saturated carbocycles. The molecule has 0 spiro atoms. The summed E-state index contributed by atoms with van der Waals surface area (Å²) in [6, 6.07) is 7.73. The normalized spacial score (nSPS) is 10.2. The molecule has 1 aromatic carbocycles. The van der Waals surface area contributed by atoms with Crippen molar-refractivity contribution >= 4 is 5.91 Å². The van der Waals surface area contributed by atoms with Crippen LogP contribution in [-0.4, -0.2) is 42.7 Å². The molecule has 4 heteroatoms. The lowest BCUT2D eigenvalue weighted by Crippen LogP contribution is -2.33. The summed E-state index contributed by atoms with van der Waals surface area (Å²) in [6.45, 7) is 2.97. The van der Waals surface area contributed by atoms with E-state index in [1.807, 2.05) is 31.2 Å². The van der Waals surface area contributed by atoms with E-state index in [0.29, 0.717) is 25.9 Å². The first-order valence-corrected chi connectivity index (χ1v) is 6.22. The van der Waals surface area contributed by atoms with Crippen molar-refractivity contribution < 1.29 is 14.6 Å². The van der Waals surface area contributed by atoms with E-state index in [-0.39, 0.29) is 12.5 Å². The highest BCUT2D eigenvalue weighted by Gasteiger charge is 2.10. The molecule has 0 aliphatic carbocycles. The lowest BCUT2D eigenvalue weighted by molar-refractivity contribution is -0.131. The molecule has 0 radical (unpaired) electrons. The second-order valence-corrected chi connectivity index (χ2v) is 4.05. The minimum absolute atomic E-state index is 0.0126. The molecule has 0 aliphatic rings. The van der Waals surface area contributed by atoms with E-state index in [4.69, 9.17) is 9.84 Å². The van der Waals surface area contributed by atoms with Crippen molar-refractivity contribution in [3.8, 4) is 5.75 Å². The molecular weight excluding hydrogens is 230 g/mol. The molecule has 18 heavy (non-hydrogen) atoms. The van der Waals surface area contributed by atoms with Crippen LogP contribution in [0, 0.1) is 0 Å². The Bertz CT molecular complexity index is 379. The maximum Gasteiger partial charge on any atom is 0.222 e. The standard InChI is InChI=1S/C14H21NO3/c1-3-15(9-10-16)14(17)8-7-12-5-4-6-13(11-12)18-2/h4-6,11,16H,3,7-10H2,1-2H3. The Hall–Kier alpha value is -1.55. The van der Waals surface area contributed by atoms with E-state index < -0.39 is 0 Å². The molecule has 1 aromatic rings. The van der Waals surface area contributed by atoms with E-state index in [2.05, 4.69) is 0 Å². The lowest BCUT2D eigenvalue weighted by Gasteiger charge is -2.19. The number of methoxy groups -OCH3 is 1. The number of rotatable bonds is 7. The number of aryl methyl sites for hydroxylation is 1. The average Bonchev–Trinajstić information content (AvgIpc) is 2.42. The van der Waals surface area contributed by atoms with E-state index >= 15 is 0 Å². The van der Waals surface area contributed by atoms with E-state index in [0.717, 1.165) is 11.3 Å². The van der Waals surface area contributed by atoms with Crippen LogP contribution in [0.25, 0.3) is 0 Å². The summed E-state index contributed by atoms with van der Waals surface area (Å²) >= 11 is 0. The number of hydrogen-bond acceptors (Lipinski definition) is 3. The fourth-order valence-electron chi connectivity index (χ4n) is 1.82. The van der Waals surface area contributed by atoms with Gasteiger partial charge < -0.3 is 14.7 Å². The second-order valence-electron chi connectivity index (χ2n) is 4.05. The first-order chi connectivity index (χ1) is 8.71. The number of aliphatic hydroxyl groups excluding tert-OH is 1. The van der Waals surface area contributed by atoms with Crippen LogP contribution < -0.4 is 4.74 Å². The Kier molecular flexibility index (Phi) is 6.22. The van der Waals surface area contributed by atoms with Crippen molar-refractivity contribution in [2.45, 2.75) is 19.8 Å². The van der Waals surface area contributed by atoms with Crippen molar-refractivity contribution in [3.05, 3.63) is 29.8 Å². The number of carbonyl (C=O) groups excluding carboxylic acids is 1. The van der Waals surface area contributed by atoms with Crippen LogP contribution in [-0.2, 0) is 11.2 Å². The highest BCUT2D eigenvalue weighted by molar-refractivity contribution is 5.76. The highest BCUT2D eigenvalue weighted by Crippen LogP contribution is 2.14. The first-order valence-electron chi connectivity index (χ1n) is 6.22.